The van der Waals surface area contributed by atoms with Gasteiger partial charge in [-0.25, -0.2) is 0 Å². The first-order valence-electron chi connectivity index (χ1n) is 7.68. The Kier molecular flexibility index (Phi) is 4.84. The zero-order chi connectivity index (χ0) is 15.9. The molecule has 0 aliphatic rings. The summed E-state index contributed by atoms with van der Waals surface area (Å²) in [5.74, 6) is 0.767. The molecule has 3 rings (SSSR count). The number of aromatic nitrogens is 1. The van der Waals surface area contributed by atoms with Crippen LogP contribution in [0.1, 0.15) is 11.3 Å². The number of guanidine groups is 1. The molecule has 4 heteroatoms. The van der Waals surface area contributed by atoms with E-state index < -0.39 is 0 Å². The van der Waals surface area contributed by atoms with Gasteiger partial charge >= 0.3 is 0 Å². The number of rotatable bonds is 4. The third kappa shape index (κ3) is 3.86. The van der Waals surface area contributed by atoms with Crippen LogP contribution < -0.4 is 10.6 Å². The Balaban J connectivity index is 1.63. The highest BCUT2D eigenvalue weighted by Gasteiger charge is 2.03. The summed E-state index contributed by atoms with van der Waals surface area (Å²) in [7, 11) is 1.77. The molecule has 0 aliphatic carbocycles. The molecule has 4 nitrogen and oxygen atoms in total. The highest BCUT2D eigenvalue weighted by Crippen LogP contribution is 2.15. The largest absolute Gasteiger partial charge is 0.352 e. The highest BCUT2D eigenvalue weighted by molar-refractivity contribution is 5.85. The molecule has 2 aromatic carbocycles. The fraction of sp³-hybridized carbons (Fsp3) is 0.158. The quantitative estimate of drug-likeness (QED) is 0.575. The second-order valence-corrected chi connectivity index (χ2v) is 5.24. The molecule has 0 atom stereocenters. The van der Waals surface area contributed by atoms with Crippen molar-refractivity contribution in [2.24, 2.45) is 4.99 Å². The van der Waals surface area contributed by atoms with E-state index in [0.717, 1.165) is 18.2 Å². The lowest BCUT2D eigenvalue weighted by Gasteiger charge is -2.12. The molecule has 0 bridgehead atoms. The van der Waals surface area contributed by atoms with Crippen molar-refractivity contribution in [2.45, 2.75) is 13.1 Å². The molecule has 0 radical (unpaired) electrons. The van der Waals surface area contributed by atoms with Gasteiger partial charge in [-0.3, -0.25) is 9.98 Å². The molecule has 3 aromatic rings. The number of benzene rings is 2. The Morgan fingerprint density at radius 3 is 2.48 bits per heavy atom. The molecule has 0 fully saturated rings. The molecular formula is C19H20N4. The number of hydrogen-bond acceptors (Lipinski definition) is 2. The van der Waals surface area contributed by atoms with Crippen molar-refractivity contribution >= 4 is 16.7 Å². The van der Waals surface area contributed by atoms with Crippen molar-refractivity contribution in [3.63, 3.8) is 0 Å². The van der Waals surface area contributed by atoms with Crippen molar-refractivity contribution in [2.75, 3.05) is 7.05 Å². The summed E-state index contributed by atoms with van der Waals surface area (Å²) < 4.78 is 0. The molecule has 1 aromatic heterocycles. The van der Waals surface area contributed by atoms with Gasteiger partial charge in [-0.2, -0.15) is 0 Å². The van der Waals surface area contributed by atoms with Gasteiger partial charge in [-0.05, 0) is 17.0 Å². The van der Waals surface area contributed by atoms with Gasteiger partial charge in [0, 0.05) is 25.2 Å². The van der Waals surface area contributed by atoms with Gasteiger partial charge in [0.2, 0.25) is 0 Å². The summed E-state index contributed by atoms with van der Waals surface area (Å²) in [6.07, 6.45) is 1.85. The topological polar surface area (TPSA) is 49.3 Å². The van der Waals surface area contributed by atoms with Crippen molar-refractivity contribution in [1.29, 1.82) is 0 Å². The Labute approximate surface area is 136 Å². The summed E-state index contributed by atoms with van der Waals surface area (Å²) in [4.78, 5) is 8.75. The lowest BCUT2D eigenvalue weighted by Crippen LogP contribution is -2.36. The Hall–Kier alpha value is -2.88. The first kappa shape index (κ1) is 15.0. The Morgan fingerprint density at radius 2 is 1.65 bits per heavy atom. The number of aliphatic imine (C=N–C) groups is 1. The maximum atomic E-state index is 4.49. The minimum absolute atomic E-state index is 0.635. The van der Waals surface area contributed by atoms with Crippen LogP contribution in [0.15, 0.2) is 71.9 Å². The zero-order valence-electron chi connectivity index (χ0n) is 13.2. The fourth-order valence-electron chi connectivity index (χ4n) is 2.49. The van der Waals surface area contributed by atoms with Gasteiger partial charge in [0.1, 0.15) is 0 Å². The molecule has 23 heavy (non-hydrogen) atoms. The van der Waals surface area contributed by atoms with Crippen molar-refractivity contribution < 1.29 is 0 Å². The Morgan fingerprint density at radius 1 is 0.913 bits per heavy atom. The molecule has 0 unspecified atom stereocenters. The summed E-state index contributed by atoms with van der Waals surface area (Å²) in [6, 6.07) is 20.6. The second kappa shape index (κ2) is 7.40. The van der Waals surface area contributed by atoms with E-state index in [1.54, 1.807) is 7.05 Å². The van der Waals surface area contributed by atoms with Crippen molar-refractivity contribution in [1.82, 2.24) is 15.6 Å². The molecule has 1 heterocycles. The molecule has 0 amide bonds. The number of pyridine rings is 1. The lowest BCUT2D eigenvalue weighted by molar-refractivity contribution is 0.799. The van der Waals surface area contributed by atoms with E-state index in [0.29, 0.717) is 6.54 Å². The van der Waals surface area contributed by atoms with Gasteiger partial charge in [-0.1, -0.05) is 54.6 Å². The SMILES string of the molecule is CN=C(NCc1ccccc1)NCc1nccc2ccccc12. The number of hydrogen-bond donors (Lipinski definition) is 2. The summed E-state index contributed by atoms with van der Waals surface area (Å²) in [5.41, 5.74) is 2.24. The first-order valence-corrected chi connectivity index (χ1v) is 7.68. The van der Waals surface area contributed by atoms with E-state index >= 15 is 0 Å². The van der Waals surface area contributed by atoms with Crippen LogP contribution in [0.2, 0.25) is 0 Å². The summed E-state index contributed by atoms with van der Waals surface area (Å²) >= 11 is 0. The average Bonchev–Trinajstić information content (AvgIpc) is 2.63. The van der Waals surface area contributed by atoms with Gasteiger partial charge < -0.3 is 10.6 Å². The van der Waals surface area contributed by atoms with E-state index in [1.807, 2.05) is 42.6 Å². The van der Waals surface area contributed by atoms with Crippen LogP contribution in [0, 0.1) is 0 Å². The van der Waals surface area contributed by atoms with Gasteiger partial charge in [0.25, 0.3) is 0 Å². The van der Waals surface area contributed by atoms with E-state index in [9.17, 15) is 0 Å². The smallest absolute Gasteiger partial charge is 0.191 e. The number of nitrogens with zero attached hydrogens (tertiary/aromatic N) is 2. The van der Waals surface area contributed by atoms with Gasteiger partial charge in [-0.15, -0.1) is 0 Å². The van der Waals surface area contributed by atoms with E-state index in [1.165, 1.54) is 16.3 Å². The number of nitrogens with one attached hydrogen (secondary N) is 2. The molecule has 0 saturated heterocycles. The molecular weight excluding hydrogens is 284 g/mol. The zero-order valence-corrected chi connectivity index (χ0v) is 13.2. The number of fused-ring (bicyclic) bond motifs is 1. The fourth-order valence-corrected chi connectivity index (χ4v) is 2.49. The highest BCUT2D eigenvalue weighted by atomic mass is 15.2. The van der Waals surface area contributed by atoms with Crippen LogP contribution in [0.25, 0.3) is 10.8 Å². The molecule has 2 N–H and O–H groups in total. The van der Waals surface area contributed by atoms with Gasteiger partial charge in [0.15, 0.2) is 5.96 Å². The minimum Gasteiger partial charge on any atom is -0.352 e. The van der Waals surface area contributed by atoms with E-state index in [4.69, 9.17) is 0 Å². The predicted molar refractivity (Wildman–Crippen MR) is 95.2 cm³/mol. The van der Waals surface area contributed by atoms with Crippen LogP contribution in [-0.2, 0) is 13.1 Å². The summed E-state index contributed by atoms with van der Waals surface area (Å²) in [6.45, 7) is 1.37. The first-order chi connectivity index (χ1) is 11.4. The molecule has 0 spiro atoms. The van der Waals surface area contributed by atoms with Crippen LogP contribution in [0.4, 0.5) is 0 Å². The van der Waals surface area contributed by atoms with Crippen LogP contribution >= 0.6 is 0 Å². The maximum Gasteiger partial charge on any atom is 0.191 e. The molecule has 116 valence electrons. The van der Waals surface area contributed by atoms with Crippen LogP contribution in [0.5, 0.6) is 0 Å². The monoisotopic (exact) mass is 304 g/mol. The molecule has 0 aliphatic heterocycles. The normalized spacial score (nSPS) is 11.4. The second-order valence-electron chi connectivity index (χ2n) is 5.24. The maximum absolute atomic E-state index is 4.49. The standard InChI is InChI=1S/C19H20N4/c1-20-19(22-13-15-7-3-2-4-8-15)23-14-18-17-10-6-5-9-16(17)11-12-21-18/h2-12H,13-14H2,1H3,(H2,20,22,23). The van der Waals surface area contributed by atoms with E-state index in [2.05, 4.69) is 44.9 Å². The Bertz CT molecular complexity index is 791. The minimum atomic E-state index is 0.635. The van der Waals surface area contributed by atoms with E-state index in [-0.39, 0.29) is 0 Å². The predicted octanol–water partition coefficient (Wildman–Crippen LogP) is 3.10. The third-order valence-corrected chi connectivity index (χ3v) is 3.71. The molecule has 0 saturated carbocycles. The van der Waals surface area contributed by atoms with Crippen LogP contribution in [0.3, 0.4) is 0 Å². The van der Waals surface area contributed by atoms with Crippen LogP contribution in [-0.4, -0.2) is 18.0 Å². The van der Waals surface area contributed by atoms with Crippen molar-refractivity contribution in [3.05, 3.63) is 78.1 Å². The summed E-state index contributed by atoms with van der Waals surface area (Å²) in [5, 5.41) is 9.01. The average molecular weight is 304 g/mol. The third-order valence-electron chi connectivity index (χ3n) is 3.71. The lowest BCUT2D eigenvalue weighted by atomic mass is 10.1. The van der Waals surface area contributed by atoms with Crippen molar-refractivity contribution in [3.8, 4) is 0 Å². The van der Waals surface area contributed by atoms with Gasteiger partial charge in [0.05, 0.1) is 12.2 Å².